The first-order chi connectivity index (χ1) is 11.2. The summed E-state index contributed by atoms with van der Waals surface area (Å²) in [6.45, 7) is 7.05. The van der Waals surface area contributed by atoms with Crippen LogP contribution in [0.5, 0.6) is 0 Å². The van der Waals surface area contributed by atoms with Crippen LogP contribution in [0.1, 0.15) is 46.6 Å². The Bertz CT molecular complexity index is 795. The standard InChI is InChI=1S/C16H16N2O4S2/c1-9-11(23-8-17)14(18-13(19)10-6-5-7-21-10)24-12(9)15(20)22-16(2,3)4/h5-7H,1-4H3,(H,18,19). The van der Waals surface area contributed by atoms with Crippen molar-refractivity contribution >= 4 is 40.0 Å². The summed E-state index contributed by atoms with van der Waals surface area (Å²) in [4.78, 5) is 25.4. The van der Waals surface area contributed by atoms with Gasteiger partial charge in [-0.2, -0.15) is 5.26 Å². The molecule has 0 bridgehead atoms. The lowest BCUT2D eigenvalue weighted by Gasteiger charge is -2.19. The average Bonchev–Trinajstić information content (AvgIpc) is 3.09. The maximum absolute atomic E-state index is 12.3. The van der Waals surface area contributed by atoms with Crippen molar-refractivity contribution in [3.8, 4) is 5.40 Å². The van der Waals surface area contributed by atoms with Crippen molar-refractivity contribution in [3.05, 3.63) is 34.6 Å². The number of carbonyl (C=O) groups is 2. The predicted molar refractivity (Wildman–Crippen MR) is 92.4 cm³/mol. The Morgan fingerprint density at radius 2 is 2.12 bits per heavy atom. The van der Waals surface area contributed by atoms with Crippen LogP contribution in [0.15, 0.2) is 27.7 Å². The molecule has 2 heterocycles. The second kappa shape index (κ2) is 7.11. The van der Waals surface area contributed by atoms with Gasteiger partial charge in [0.1, 0.15) is 20.9 Å². The highest BCUT2D eigenvalue weighted by Gasteiger charge is 2.26. The van der Waals surface area contributed by atoms with Crippen LogP contribution in [-0.2, 0) is 4.74 Å². The minimum absolute atomic E-state index is 0.146. The van der Waals surface area contributed by atoms with E-state index in [9.17, 15) is 9.59 Å². The molecule has 0 aliphatic rings. The van der Waals surface area contributed by atoms with Gasteiger partial charge in [0.05, 0.1) is 11.2 Å². The van der Waals surface area contributed by atoms with Gasteiger partial charge in [-0.3, -0.25) is 4.79 Å². The number of anilines is 1. The van der Waals surface area contributed by atoms with Crippen LogP contribution in [-0.4, -0.2) is 17.5 Å². The number of nitriles is 1. The number of amides is 1. The summed E-state index contributed by atoms with van der Waals surface area (Å²) < 4.78 is 10.4. The highest BCUT2D eigenvalue weighted by Crippen LogP contribution is 2.40. The summed E-state index contributed by atoms with van der Waals surface area (Å²) in [5.41, 5.74) is -0.0243. The third-order valence-corrected chi connectivity index (χ3v) is 4.92. The number of ether oxygens (including phenoxy) is 1. The molecule has 0 fully saturated rings. The lowest BCUT2D eigenvalue weighted by Crippen LogP contribution is -2.23. The quantitative estimate of drug-likeness (QED) is 0.490. The molecule has 2 rings (SSSR count). The number of thiophene rings is 1. The summed E-state index contributed by atoms with van der Waals surface area (Å²) in [5.74, 6) is -0.784. The summed E-state index contributed by atoms with van der Waals surface area (Å²) in [7, 11) is 0. The van der Waals surface area contributed by atoms with Crippen LogP contribution in [0.4, 0.5) is 5.00 Å². The maximum Gasteiger partial charge on any atom is 0.349 e. The molecule has 24 heavy (non-hydrogen) atoms. The molecule has 0 radical (unpaired) electrons. The molecule has 0 aliphatic heterocycles. The Morgan fingerprint density at radius 1 is 1.42 bits per heavy atom. The molecule has 0 spiro atoms. The van der Waals surface area contributed by atoms with E-state index >= 15 is 0 Å². The molecule has 1 amide bonds. The first-order valence-electron chi connectivity index (χ1n) is 7.00. The molecule has 6 nitrogen and oxygen atoms in total. The first kappa shape index (κ1) is 18.1. The molecule has 0 aromatic carbocycles. The highest BCUT2D eigenvalue weighted by atomic mass is 32.2. The van der Waals surface area contributed by atoms with Gasteiger partial charge >= 0.3 is 5.97 Å². The molecule has 0 aliphatic carbocycles. The average molecular weight is 364 g/mol. The number of furan rings is 1. The lowest BCUT2D eigenvalue weighted by atomic mass is 10.2. The Labute approximate surface area is 147 Å². The van der Waals surface area contributed by atoms with Crippen molar-refractivity contribution in [2.24, 2.45) is 0 Å². The number of esters is 1. The van der Waals surface area contributed by atoms with Crippen LogP contribution >= 0.6 is 23.1 Å². The summed E-state index contributed by atoms with van der Waals surface area (Å²) in [5, 5.41) is 14.1. The van der Waals surface area contributed by atoms with Gasteiger partial charge in [0.15, 0.2) is 5.76 Å². The summed E-state index contributed by atoms with van der Waals surface area (Å²) in [6, 6.07) is 3.13. The molecular formula is C16H16N2O4S2. The molecule has 1 N–H and O–H groups in total. The third-order valence-electron chi connectivity index (χ3n) is 2.80. The molecule has 0 atom stereocenters. The van der Waals surface area contributed by atoms with Gasteiger partial charge in [-0.1, -0.05) is 0 Å². The van der Waals surface area contributed by atoms with Crippen molar-refractivity contribution in [1.82, 2.24) is 0 Å². The van der Waals surface area contributed by atoms with E-state index in [1.165, 1.54) is 12.3 Å². The van der Waals surface area contributed by atoms with E-state index in [1.54, 1.807) is 33.8 Å². The van der Waals surface area contributed by atoms with Crippen molar-refractivity contribution in [3.63, 3.8) is 0 Å². The molecule has 8 heteroatoms. The third kappa shape index (κ3) is 4.19. The Balaban J connectivity index is 2.34. The van der Waals surface area contributed by atoms with Crippen molar-refractivity contribution < 1.29 is 18.7 Å². The molecular weight excluding hydrogens is 348 g/mol. The monoisotopic (exact) mass is 364 g/mol. The Kier molecular flexibility index (Phi) is 5.36. The topological polar surface area (TPSA) is 92.3 Å². The van der Waals surface area contributed by atoms with E-state index in [0.717, 1.165) is 23.1 Å². The van der Waals surface area contributed by atoms with Gasteiger partial charge in [-0.15, -0.1) is 11.3 Å². The van der Waals surface area contributed by atoms with Gasteiger partial charge in [0.25, 0.3) is 5.91 Å². The minimum Gasteiger partial charge on any atom is -0.459 e. The van der Waals surface area contributed by atoms with E-state index in [-0.39, 0.29) is 5.76 Å². The minimum atomic E-state index is -0.631. The number of carbonyl (C=O) groups excluding carboxylic acids is 2. The molecule has 126 valence electrons. The largest absolute Gasteiger partial charge is 0.459 e. The van der Waals surface area contributed by atoms with Gasteiger partial charge in [0.2, 0.25) is 0 Å². The molecule has 2 aromatic rings. The van der Waals surface area contributed by atoms with Crippen LogP contribution in [0, 0.1) is 17.6 Å². The summed E-state index contributed by atoms with van der Waals surface area (Å²) >= 11 is 1.97. The van der Waals surface area contributed by atoms with Gasteiger partial charge < -0.3 is 14.5 Å². The summed E-state index contributed by atoms with van der Waals surface area (Å²) in [6.07, 6.45) is 1.39. The van der Waals surface area contributed by atoms with Crippen molar-refractivity contribution in [2.75, 3.05) is 5.32 Å². The van der Waals surface area contributed by atoms with Crippen molar-refractivity contribution in [2.45, 2.75) is 38.2 Å². The Hall–Kier alpha value is -2.24. The zero-order chi connectivity index (χ0) is 17.9. The van der Waals surface area contributed by atoms with E-state index in [1.807, 2.05) is 5.40 Å². The van der Waals surface area contributed by atoms with Gasteiger partial charge in [-0.05, 0) is 57.2 Å². The fraction of sp³-hybridized carbons (Fsp3) is 0.312. The number of nitrogens with one attached hydrogen (secondary N) is 1. The Morgan fingerprint density at radius 3 is 2.67 bits per heavy atom. The number of nitrogens with zero attached hydrogens (tertiary/aromatic N) is 1. The molecule has 0 unspecified atom stereocenters. The van der Waals surface area contributed by atoms with E-state index in [0.29, 0.717) is 20.3 Å². The van der Waals surface area contributed by atoms with Crippen molar-refractivity contribution in [1.29, 1.82) is 5.26 Å². The molecule has 0 saturated carbocycles. The zero-order valence-corrected chi connectivity index (χ0v) is 15.3. The fourth-order valence-corrected chi connectivity index (χ4v) is 3.62. The molecule has 2 aromatic heterocycles. The van der Waals surface area contributed by atoms with E-state index in [4.69, 9.17) is 14.4 Å². The van der Waals surface area contributed by atoms with Crippen LogP contribution in [0.2, 0.25) is 0 Å². The maximum atomic E-state index is 12.3. The van der Waals surface area contributed by atoms with Crippen LogP contribution < -0.4 is 5.32 Å². The van der Waals surface area contributed by atoms with E-state index in [2.05, 4.69) is 5.32 Å². The predicted octanol–water partition coefficient (Wildman–Crippen LogP) is 4.43. The lowest BCUT2D eigenvalue weighted by molar-refractivity contribution is 0.00742. The number of hydrogen-bond donors (Lipinski definition) is 1. The van der Waals surface area contributed by atoms with Crippen LogP contribution in [0.25, 0.3) is 0 Å². The molecule has 0 saturated heterocycles. The second-order valence-corrected chi connectivity index (χ2v) is 7.66. The highest BCUT2D eigenvalue weighted by molar-refractivity contribution is 8.04. The fourth-order valence-electron chi connectivity index (χ4n) is 1.84. The second-order valence-electron chi connectivity index (χ2n) is 5.84. The van der Waals surface area contributed by atoms with Crippen LogP contribution in [0.3, 0.4) is 0 Å². The van der Waals surface area contributed by atoms with E-state index < -0.39 is 17.5 Å². The van der Waals surface area contributed by atoms with Gasteiger partial charge in [0, 0.05) is 0 Å². The number of hydrogen-bond acceptors (Lipinski definition) is 7. The SMILES string of the molecule is Cc1c(C(=O)OC(C)(C)C)sc(NC(=O)c2ccco2)c1SC#N. The normalized spacial score (nSPS) is 11.0. The zero-order valence-electron chi connectivity index (χ0n) is 13.6. The smallest absolute Gasteiger partial charge is 0.349 e. The van der Waals surface area contributed by atoms with Gasteiger partial charge in [-0.25, -0.2) is 4.79 Å². The number of thioether (sulfide) groups is 1. The first-order valence-corrected chi connectivity index (χ1v) is 8.63. The number of rotatable bonds is 4. The number of thiocyanates is 1.